The third-order valence-corrected chi connectivity index (χ3v) is 9.75. The molecule has 1 aromatic rings. The summed E-state index contributed by atoms with van der Waals surface area (Å²) in [6.07, 6.45) is 9.46. The molecule has 0 spiro atoms. The maximum atomic E-state index is 10.2. The maximum absolute atomic E-state index is 10.2. The van der Waals surface area contributed by atoms with E-state index in [2.05, 4.69) is 66.4 Å². The van der Waals surface area contributed by atoms with Crippen molar-refractivity contribution in [3.05, 3.63) is 29.8 Å². The second kappa shape index (κ2) is 12.3. The molecule has 0 aromatic heterocycles. The SMILES string of the molecule is CCC(c1cccc(O)c1)C(C)CN(C1CC(C)CCC1C(C)C)C1CC(C)CCC1C(C)C. The molecular formula is C32H55NO. The van der Waals surface area contributed by atoms with Gasteiger partial charge in [-0.05, 0) is 97.1 Å². The van der Waals surface area contributed by atoms with E-state index in [1.54, 1.807) is 6.07 Å². The molecule has 2 aliphatic rings. The van der Waals surface area contributed by atoms with Crippen LogP contribution in [-0.4, -0.2) is 28.6 Å². The summed E-state index contributed by atoms with van der Waals surface area (Å²) < 4.78 is 0. The second-order valence-corrected chi connectivity index (χ2v) is 13.1. The molecule has 1 N–H and O–H groups in total. The van der Waals surface area contributed by atoms with E-state index in [9.17, 15) is 5.11 Å². The van der Waals surface area contributed by atoms with Crippen LogP contribution < -0.4 is 0 Å². The van der Waals surface area contributed by atoms with Crippen LogP contribution in [-0.2, 0) is 0 Å². The molecule has 2 heteroatoms. The Kier molecular flexibility index (Phi) is 9.96. The van der Waals surface area contributed by atoms with Crippen LogP contribution in [0.15, 0.2) is 24.3 Å². The molecule has 8 unspecified atom stereocenters. The monoisotopic (exact) mass is 469 g/mol. The summed E-state index contributed by atoms with van der Waals surface area (Å²) in [4.78, 5) is 3.08. The number of benzene rings is 1. The summed E-state index contributed by atoms with van der Waals surface area (Å²) in [7, 11) is 0. The van der Waals surface area contributed by atoms with Crippen LogP contribution in [0, 0.1) is 41.4 Å². The number of rotatable bonds is 9. The van der Waals surface area contributed by atoms with E-state index in [0.717, 1.165) is 41.9 Å². The molecule has 0 radical (unpaired) electrons. The lowest BCUT2D eigenvalue weighted by Gasteiger charge is -2.53. The van der Waals surface area contributed by atoms with Crippen LogP contribution in [0.3, 0.4) is 0 Å². The van der Waals surface area contributed by atoms with Crippen LogP contribution in [0.5, 0.6) is 5.75 Å². The van der Waals surface area contributed by atoms with Gasteiger partial charge in [-0.15, -0.1) is 0 Å². The van der Waals surface area contributed by atoms with Gasteiger partial charge in [-0.3, -0.25) is 4.90 Å². The van der Waals surface area contributed by atoms with Crippen LogP contribution in [0.4, 0.5) is 0 Å². The fraction of sp³-hybridized carbons (Fsp3) is 0.812. The Hall–Kier alpha value is -1.02. The van der Waals surface area contributed by atoms with Crippen molar-refractivity contribution < 1.29 is 5.11 Å². The lowest BCUT2D eigenvalue weighted by atomic mass is 9.69. The first-order valence-corrected chi connectivity index (χ1v) is 14.7. The van der Waals surface area contributed by atoms with Crippen LogP contribution in [0.25, 0.3) is 0 Å². The molecule has 2 fully saturated rings. The predicted molar refractivity (Wildman–Crippen MR) is 147 cm³/mol. The largest absolute Gasteiger partial charge is 0.508 e. The third-order valence-electron chi connectivity index (χ3n) is 9.75. The molecule has 0 bridgehead atoms. The highest BCUT2D eigenvalue weighted by Crippen LogP contribution is 2.44. The highest BCUT2D eigenvalue weighted by molar-refractivity contribution is 5.30. The van der Waals surface area contributed by atoms with Gasteiger partial charge < -0.3 is 5.11 Å². The van der Waals surface area contributed by atoms with Gasteiger partial charge in [0.1, 0.15) is 5.75 Å². The Bertz CT molecular complexity index is 710. The topological polar surface area (TPSA) is 23.5 Å². The van der Waals surface area contributed by atoms with E-state index in [0.29, 0.717) is 29.7 Å². The Morgan fingerprint density at radius 1 is 0.853 bits per heavy atom. The summed E-state index contributed by atoms with van der Waals surface area (Å²) in [6, 6.07) is 9.49. The van der Waals surface area contributed by atoms with Crippen LogP contribution >= 0.6 is 0 Å². The summed E-state index contributed by atoms with van der Waals surface area (Å²) in [6.45, 7) is 20.9. The standard InChI is InChI=1S/C32H55NO/c1-9-28(26-11-10-12-27(34)19-26)25(8)20-33(31-17-23(6)13-15-29(31)21(2)3)32-18-24(7)14-16-30(32)22(4)5/h10-12,19,21-25,28-32,34H,9,13-18,20H2,1-8H3. The fourth-order valence-electron chi connectivity index (χ4n) is 7.76. The Labute approximate surface area is 211 Å². The van der Waals surface area contributed by atoms with Crippen molar-refractivity contribution in [2.75, 3.05) is 6.54 Å². The molecule has 8 atom stereocenters. The van der Waals surface area contributed by atoms with Gasteiger partial charge >= 0.3 is 0 Å². The van der Waals surface area contributed by atoms with Crippen molar-refractivity contribution in [3.63, 3.8) is 0 Å². The van der Waals surface area contributed by atoms with Gasteiger partial charge in [-0.1, -0.05) is 80.4 Å². The summed E-state index contributed by atoms with van der Waals surface area (Å²) in [5.74, 6) is 6.27. The van der Waals surface area contributed by atoms with Gasteiger partial charge in [0.2, 0.25) is 0 Å². The lowest BCUT2D eigenvalue weighted by molar-refractivity contribution is -0.0320. The van der Waals surface area contributed by atoms with Gasteiger partial charge in [-0.2, -0.15) is 0 Å². The van der Waals surface area contributed by atoms with Gasteiger partial charge in [0.25, 0.3) is 0 Å². The summed E-state index contributed by atoms with van der Waals surface area (Å²) in [5, 5.41) is 10.2. The Morgan fingerprint density at radius 2 is 1.38 bits per heavy atom. The first-order chi connectivity index (χ1) is 16.1. The number of phenolic OH excluding ortho intramolecular Hbond substituents is 1. The van der Waals surface area contributed by atoms with Gasteiger partial charge in [0, 0.05) is 18.6 Å². The fourth-order valence-corrected chi connectivity index (χ4v) is 7.76. The minimum atomic E-state index is 0.405. The first kappa shape index (κ1) is 27.6. The zero-order valence-corrected chi connectivity index (χ0v) is 23.6. The highest BCUT2D eigenvalue weighted by Gasteiger charge is 2.43. The smallest absolute Gasteiger partial charge is 0.115 e. The minimum Gasteiger partial charge on any atom is -0.508 e. The van der Waals surface area contributed by atoms with Crippen molar-refractivity contribution >= 4 is 0 Å². The van der Waals surface area contributed by atoms with E-state index >= 15 is 0 Å². The van der Waals surface area contributed by atoms with Crippen molar-refractivity contribution in [2.45, 2.75) is 118 Å². The highest BCUT2D eigenvalue weighted by atomic mass is 16.3. The quantitative estimate of drug-likeness (QED) is 0.391. The van der Waals surface area contributed by atoms with Gasteiger partial charge in [0.05, 0.1) is 0 Å². The minimum absolute atomic E-state index is 0.405. The van der Waals surface area contributed by atoms with Gasteiger partial charge in [-0.25, -0.2) is 0 Å². The molecule has 1 aromatic carbocycles. The van der Waals surface area contributed by atoms with Crippen molar-refractivity contribution in [3.8, 4) is 5.75 Å². The third kappa shape index (κ3) is 6.59. The van der Waals surface area contributed by atoms with Crippen LogP contribution in [0.2, 0.25) is 0 Å². The molecule has 0 aliphatic heterocycles. The summed E-state index contributed by atoms with van der Waals surface area (Å²) in [5.41, 5.74) is 1.31. The van der Waals surface area contributed by atoms with Crippen molar-refractivity contribution in [1.82, 2.24) is 4.90 Å². The first-order valence-electron chi connectivity index (χ1n) is 14.7. The average molecular weight is 470 g/mol. The number of nitrogens with zero attached hydrogens (tertiary/aromatic N) is 1. The Morgan fingerprint density at radius 3 is 1.82 bits per heavy atom. The summed E-state index contributed by atoms with van der Waals surface area (Å²) >= 11 is 0. The van der Waals surface area contributed by atoms with E-state index < -0.39 is 0 Å². The van der Waals surface area contributed by atoms with E-state index in [4.69, 9.17) is 0 Å². The lowest BCUT2D eigenvalue weighted by Crippen LogP contribution is -2.56. The molecule has 2 aliphatic carbocycles. The zero-order chi connectivity index (χ0) is 25.0. The van der Waals surface area contributed by atoms with E-state index in [1.165, 1.54) is 50.6 Å². The number of aromatic hydroxyl groups is 1. The molecule has 2 nitrogen and oxygen atoms in total. The molecule has 0 saturated heterocycles. The van der Waals surface area contributed by atoms with E-state index in [1.807, 2.05) is 12.1 Å². The number of phenols is 1. The molecule has 0 heterocycles. The molecule has 0 amide bonds. The average Bonchev–Trinajstić information content (AvgIpc) is 2.77. The number of hydrogen-bond donors (Lipinski definition) is 1. The Balaban J connectivity index is 1.96. The molecule has 194 valence electrons. The second-order valence-electron chi connectivity index (χ2n) is 13.1. The maximum Gasteiger partial charge on any atom is 0.115 e. The normalized spacial score (nSPS) is 32.3. The molecule has 2 saturated carbocycles. The predicted octanol–water partition coefficient (Wildman–Crippen LogP) is 8.75. The number of hydrogen-bond acceptors (Lipinski definition) is 2. The van der Waals surface area contributed by atoms with Gasteiger partial charge in [0.15, 0.2) is 0 Å². The molecule has 34 heavy (non-hydrogen) atoms. The van der Waals surface area contributed by atoms with Crippen LogP contribution in [0.1, 0.15) is 112 Å². The van der Waals surface area contributed by atoms with Crippen molar-refractivity contribution in [2.24, 2.45) is 41.4 Å². The molecule has 3 rings (SSSR count). The van der Waals surface area contributed by atoms with E-state index in [-0.39, 0.29) is 0 Å². The molecular weight excluding hydrogens is 414 g/mol. The zero-order valence-electron chi connectivity index (χ0n) is 23.6. The van der Waals surface area contributed by atoms with Crippen molar-refractivity contribution in [1.29, 1.82) is 0 Å².